The van der Waals surface area contributed by atoms with Crippen LogP contribution in [0.4, 0.5) is 0 Å². The second-order valence-electron chi connectivity index (χ2n) is 10.6. The fourth-order valence-corrected chi connectivity index (χ4v) is 4.15. The molecule has 7 N–H and O–H groups in total. The van der Waals surface area contributed by atoms with E-state index in [-0.39, 0.29) is 30.4 Å². The number of aromatic hydroxyl groups is 1. The van der Waals surface area contributed by atoms with Crippen molar-refractivity contribution in [1.82, 2.24) is 16.0 Å². The summed E-state index contributed by atoms with van der Waals surface area (Å²) in [4.78, 5) is 51.6. The molecule has 2 rings (SSSR count). The molecule has 0 fully saturated rings. The molecule has 2 aromatic rings. The van der Waals surface area contributed by atoms with Gasteiger partial charge in [-0.2, -0.15) is 0 Å². The third-order valence-corrected chi connectivity index (χ3v) is 6.81. The Balaban J connectivity index is 2.26. The molecule has 10 heteroatoms. The van der Waals surface area contributed by atoms with E-state index < -0.39 is 47.9 Å². The van der Waals surface area contributed by atoms with Crippen molar-refractivity contribution >= 4 is 23.7 Å². The van der Waals surface area contributed by atoms with Gasteiger partial charge < -0.3 is 31.9 Å². The molecular weight excluding hydrogens is 512 g/mol. The Morgan fingerprint density at radius 1 is 0.750 bits per heavy atom. The second kappa shape index (κ2) is 15.6. The molecule has 40 heavy (non-hydrogen) atoms. The molecule has 0 aromatic heterocycles. The van der Waals surface area contributed by atoms with E-state index in [9.17, 15) is 29.4 Å². The number of rotatable bonds is 15. The molecule has 10 nitrogen and oxygen atoms in total. The maximum Gasteiger partial charge on any atom is 0.326 e. The first-order valence-electron chi connectivity index (χ1n) is 13.6. The summed E-state index contributed by atoms with van der Waals surface area (Å²) >= 11 is 0. The zero-order chi connectivity index (χ0) is 29.8. The van der Waals surface area contributed by atoms with E-state index in [1.54, 1.807) is 36.4 Å². The van der Waals surface area contributed by atoms with Crippen LogP contribution in [0.25, 0.3) is 0 Å². The first-order valence-corrected chi connectivity index (χ1v) is 13.6. The summed E-state index contributed by atoms with van der Waals surface area (Å²) in [5.41, 5.74) is 7.44. The van der Waals surface area contributed by atoms with E-state index >= 15 is 0 Å². The van der Waals surface area contributed by atoms with Crippen LogP contribution in [0.2, 0.25) is 0 Å². The number of benzene rings is 2. The van der Waals surface area contributed by atoms with Crippen LogP contribution in [0.1, 0.15) is 51.7 Å². The highest BCUT2D eigenvalue weighted by Crippen LogP contribution is 2.13. The van der Waals surface area contributed by atoms with Crippen molar-refractivity contribution in [3.05, 3.63) is 65.7 Å². The number of hydrogen-bond acceptors (Lipinski definition) is 6. The minimum absolute atomic E-state index is 0.0209. The minimum Gasteiger partial charge on any atom is -0.508 e. The highest BCUT2D eigenvalue weighted by atomic mass is 16.4. The Morgan fingerprint density at radius 3 is 1.80 bits per heavy atom. The maximum atomic E-state index is 13.4. The number of carbonyl (C=O) groups is 4. The number of carbonyl (C=O) groups excluding carboxylic acids is 3. The van der Waals surface area contributed by atoms with Crippen molar-refractivity contribution in [2.45, 2.75) is 77.5 Å². The number of nitrogens with one attached hydrogen (secondary N) is 3. The lowest BCUT2D eigenvalue weighted by Gasteiger charge is -2.27. The van der Waals surface area contributed by atoms with E-state index in [2.05, 4.69) is 16.0 Å². The molecule has 0 aliphatic rings. The average molecular weight is 555 g/mol. The summed E-state index contributed by atoms with van der Waals surface area (Å²) in [7, 11) is 0. The molecule has 2 aromatic carbocycles. The van der Waals surface area contributed by atoms with Gasteiger partial charge in [0.15, 0.2) is 0 Å². The normalized spacial score (nSPS) is 14.8. The molecule has 0 spiro atoms. The van der Waals surface area contributed by atoms with Crippen molar-refractivity contribution < 1.29 is 29.4 Å². The van der Waals surface area contributed by atoms with Crippen LogP contribution in [0.15, 0.2) is 54.6 Å². The molecule has 0 saturated heterocycles. The van der Waals surface area contributed by atoms with Gasteiger partial charge in [-0.15, -0.1) is 0 Å². The lowest BCUT2D eigenvalue weighted by atomic mass is 9.97. The summed E-state index contributed by atoms with van der Waals surface area (Å²) < 4.78 is 0. The lowest BCUT2D eigenvalue weighted by Crippen LogP contribution is -2.58. The van der Waals surface area contributed by atoms with E-state index in [0.29, 0.717) is 18.4 Å². The van der Waals surface area contributed by atoms with E-state index in [4.69, 9.17) is 5.73 Å². The van der Waals surface area contributed by atoms with Gasteiger partial charge in [0.25, 0.3) is 0 Å². The predicted molar refractivity (Wildman–Crippen MR) is 152 cm³/mol. The minimum atomic E-state index is -1.27. The van der Waals surface area contributed by atoms with Crippen molar-refractivity contribution in [3.8, 4) is 5.75 Å². The number of nitrogens with two attached hydrogens (primary N) is 1. The third-order valence-electron chi connectivity index (χ3n) is 6.81. The molecule has 3 amide bonds. The topological polar surface area (TPSA) is 171 Å². The van der Waals surface area contributed by atoms with Crippen LogP contribution in [0.3, 0.4) is 0 Å². The Hall–Kier alpha value is -3.92. The Bertz CT molecular complexity index is 1120. The van der Waals surface area contributed by atoms with Gasteiger partial charge in [0, 0.05) is 12.8 Å². The predicted octanol–water partition coefficient (Wildman–Crippen LogP) is 2.14. The fourth-order valence-electron chi connectivity index (χ4n) is 4.15. The van der Waals surface area contributed by atoms with Crippen LogP contribution in [-0.2, 0) is 32.0 Å². The zero-order valence-corrected chi connectivity index (χ0v) is 23.6. The monoisotopic (exact) mass is 554 g/mol. The van der Waals surface area contributed by atoms with Crippen molar-refractivity contribution in [2.24, 2.45) is 17.6 Å². The molecule has 0 heterocycles. The molecule has 5 atom stereocenters. The molecule has 218 valence electrons. The summed E-state index contributed by atoms with van der Waals surface area (Å²) in [6.07, 6.45) is 1.11. The van der Waals surface area contributed by atoms with Gasteiger partial charge in [-0.25, -0.2) is 4.79 Å². The number of carboxylic acid groups (broad SMARTS) is 1. The summed E-state index contributed by atoms with van der Waals surface area (Å²) in [6.45, 7) is 7.61. The molecule has 5 unspecified atom stereocenters. The number of amides is 3. The van der Waals surface area contributed by atoms with Gasteiger partial charge in [-0.05, 0) is 41.5 Å². The molecule has 0 aliphatic carbocycles. The van der Waals surface area contributed by atoms with Crippen LogP contribution >= 0.6 is 0 Å². The van der Waals surface area contributed by atoms with E-state index in [0.717, 1.165) is 5.56 Å². The van der Waals surface area contributed by atoms with Gasteiger partial charge in [0.1, 0.15) is 23.9 Å². The van der Waals surface area contributed by atoms with Crippen LogP contribution in [-0.4, -0.2) is 58.1 Å². The van der Waals surface area contributed by atoms with Crippen LogP contribution in [0.5, 0.6) is 5.75 Å². The number of aliphatic carboxylic acids is 1. The summed E-state index contributed by atoms with van der Waals surface area (Å²) in [5.74, 6) is -2.90. The Labute approximate surface area is 235 Å². The SMILES string of the molecule is CCC(C)C(N)C(=O)NC(CC(C)C)C(=O)NC(Cc1ccccc1)C(=O)NC(Cc1ccc(O)cc1)C(=O)O. The van der Waals surface area contributed by atoms with Crippen molar-refractivity contribution in [3.63, 3.8) is 0 Å². The standard InChI is InChI=1S/C30H42N4O6/c1-5-19(4)26(31)29(38)33-23(15-18(2)3)27(36)32-24(16-20-9-7-6-8-10-20)28(37)34-25(30(39)40)17-21-11-13-22(35)14-12-21/h6-14,18-19,23-26,35H,5,15-17,31H2,1-4H3,(H,32,36)(H,33,38)(H,34,37)(H,39,40). The van der Waals surface area contributed by atoms with Crippen LogP contribution < -0.4 is 21.7 Å². The first kappa shape index (κ1) is 32.3. The van der Waals surface area contributed by atoms with E-state index in [1.807, 2.05) is 33.8 Å². The Kier molecular flexibility index (Phi) is 12.6. The number of phenols is 1. The average Bonchev–Trinajstić information content (AvgIpc) is 2.92. The van der Waals surface area contributed by atoms with Gasteiger partial charge in [0.05, 0.1) is 6.04 Å². The highest BCUT2D eigenvalue weighted by molar-refractivity contribution is 5.94. The largest absolute Gasteiger partial charge is 0.508 e. The maximum absolute atomic E-state index is 13.4. The molecule has 0 saturated carbocycles. The van der Waals surface area contributed by atoms with Crippen molar-refractivity contribution in [1.29, 1.82) is 0 Å². The smallest absolute Gasteiger partial charge is 0.326 e. The number of phenolic OH excluding ortho intramolecular Hbond substituents is 1. The van der Waals surface area contributed by atoms with Gasteiger partial charge in [-0.1, -0.05) is 76.6 Å². The van der Waals surface area contributed by atoms with Crippen LogP contribution in [0, 0.1) is 11.8 Å². The lowest BCUT2D eigenvalue weighted by molar-refractivity contribution is -0.142. The molecule has 0 bridgehead atoms. The highest BCUT2D eigenvalue weighted by Gasteiger charge is 2.31. The quantitative estimate of drug-likeness (QED) is 0.196. The third kappa shape index (κ3) is 10.3. The van der Waals surface area contributed by atoms with E-state index in [1.165, 1.54) is 12.1 Å². The molecule has 0 aliphatic heterocycles. The zero-order valence-electron chi connectivity index (χ0n) is 23.6. The Morgan fingerprint density at radius 2 is 1.25 bits per heavy atom. The first-order chi connectivity index (χ1) is 18.9. The molecular formula is C30H42N4O6. The van der Waals surface area contributed by atoms with Gasteiger partial charge >= 0.3 is 5.97 Å². The fraction of sp³-hybridized carbons (Fsp3) is 0.467. The number of carboxylic acids is 1. The van der Waals surface area contributed by atoms with Gasteiger partial charge in [0.2, 0.25) is 17.7 Å². The summed E-state index contributed by atoms with van der Waals surface area (Å²) in [6, 6.07) is 11.0. The number of hydrogen-bond donors (Lipinski definition) is 6. The summed E-state index contributed by atoms with van der Waals surface area (Å²) in [5, 5.41) is 27.3. The second-order valence-corrected chi connectivity index (χ2v) is 10.6. The molecule has 0 radical (unpaired) electrons. The van der Waals surface area contributed by atoms with Crippen molar-refractivity contribution in [2.75, 3.05) is 0 Å². The van der Waals surface area contributed by atoms with Gasteiger partial charge in [-0.3, -0.25) is 14.4 Å².